The Morgan fingerprint density at radius 2 is 0.778 bits per heavy atom. The molecule has 5 aromatic carbocycles. The zero-order chi connectivity index (χ0) is 24.5. The number of pyridine rings is 2. The molecule has 2 heterocycles. The molecule has 4 heteroatoms. The summed E-state index contributed by atoms with van der Waals surface area (Å²) in [4.78, 5) is 8.69. The van der Waals surface area contributed by atoms with Gasteiger partial charge in [-0.15, -0.1) is 0 Å². The number of hydrogen-bond acceptors (Lipinski definition) is 4. The van der Waals surface area contributed by atoms with E-state index in [0.29, 0.717) is 11.1 Å². The highest BCUT2D eigenvalue weighted by molar-refractivity contribution is 6.09. The van der Waals surface area contributed by atoms with Crippen LogP contribution in [0.4, 0.5) is 0 Å². The van der Waals surface area contributed by atoms with E-state index < -0.39 is 0 Å². The van der Waals surface area contributed by atoms with Crippen molar-refractivity contribution in [1.29, 1.82) is 0 Å². The summed E-state index contributed by atoms with van der Waals surface area (Å²) in [5.74, 6) is 0.343. The van der Waals surface area contributed by atoms with Crippen LogP contribution in [-0.4, -0.2) is 20.2 Å². The zero-order valence-corrected chi connectivity index (χ0v) is 19.3. The quantitative estimate of drug-likeness (QED) is 0.242. The van der Waals surface area contributed by atoms with Gasteiger partial charge in [-0.2, -0.15) is 0 Å². The van der Waals surface area contributed by atoms with Gasteiger partial charge in [0.2, 0.25) is 0 Å². The maximum absolute atomic E-state index is 10.4. The second-order valence-electron chi connectivity index (χ2n) is 8.58. The van der Waals surface area contributed by atoms with E-state index in [2.05, 4.69) is 34.2 Å². The SMILES string of the molecule is Oc1ccc2ccccc2c1-c1c(O)ccc2ccccc12.c1cnc2c(c1)ccc1cccnc12. The normalized spacial score (nSPS) is 11.0. The lowest BCUT2D eigenvalue weighted by molar-refractivity contribution is 0.470. The van der Waals surface area contributed by atoms with Crippen molar-refractivity contribution >= 4 is 43.4 Å². The first-order chi connectivity index (χ1) is 17.7. The van der Waals surface area contributed by atoms with E-state index in [-0.39, 0.29) is 11.5 Å². The minimum absolute atomic E-state index is 0.172. The second-order valence-corrected chi connectivity index (χ2v) is 8.58. The maximum atomic E-state index is 10.4. The van der Waals surface area contributed by atoms with Gasteiger partial charge >= 0.3 is 0 Å². The van der Waals surface area contributed by atoms with Gasteiger partial charge in [0.05, 0.1) is 11.0 Å². The van der Waals surface area contributed by atoms with Crippen LogP contribution in [0.25, 0.3) is 54.5 Å². The molecule has 0 spiro atoms. The molecule has 0 bridgehead atoms. The van der Waals surface area contributed by atoms with Crippen molar-refractivity contribution < 1.29 is 10.2 Å². The fourth-order valence-electron chi connectivity index (χ4n) is 4.73. The van der Waals surface area contributed by atoms with Crippen LogP contribution in [0.1, 0.15) is 0 Å². The van der Waals surface area contributed by atoms with Crippen molar-refractivity contribution in [2.45, 2.75) is 0 Å². The molecule has 36 heavy (non-hydrogen) atoms. The third-order valence-corrected chi connectivity index (χ3v) is 6.41. The molecule has 0 saturated carbocycles. The molecule has 0 unspecified atom stereocenters. The summed E-state index contributed by atoms with van der Waals surface area (Å²) >= 11 is 0. The topological polar surface area (TPSA) is 66.2 Å². The second kappa shape index (κ2) is 9.01. The van der Waals surface area contributed by atoms with Crippen LogP contribution < -0.4 is 0 Å². The Morgan fingerprint density at radius 3 is 1.25 bits per heavy atom. The zero-order valence-electron chi connectivity index (χ0n) is 19.3. The van der Waals surface area contributed by atoms with Gasteiger partial charge in [0.1, 0.15) is 11.5 Å². The van der Waals surface area contributed by atoms with Crippen molar-refractivity contribution in [3.8, 4) is 22.6 Å². The minimum Gasteiger partial charge on any atom is -0.507 e. The molecule has 0 aliphatic heterocycles. The van der Waals surface area contributed by atoms with Crippen molar-refractivity contribution in [3.63, 3.8) is 0 Å². The molecular weight excluding hydrogens is 444 g/mol. The Morgan fingerprint density at radius 1 is 0.389 bits per heavy atom. The predicted octanol–water partition coefficient (Wildman–Crippen LogP) is 7.85. The Hall–Kier alpha value is -4.96. The number of nitrogens with zero attached hydrogens (tertiary/aromatic N) is 2. The lowest BCUT2D eigenvalue weighted by atomic mass is 9.92. The van der Waals surface area contributed by atoms with E-state index in [1.807, 2.05) is 72.8 Å². The molecule has 0 radical (unpaired) electrons. The molecule has 7 aromatic rings. The van der Waals surface area contributed by atoms with Gasteiger partial charge in [0, 0.05) is 34.3 Å². The summed E-state index contributed by atoms with van der Waals surface area (Å²) in [5.41, 5.74) is 3.30. The van der Waals surface area contributed by atoms with Crippen LogP contribution in [0.15, 0.2) is 122 Å². The Balaban J connectivity index is 0.000000147. The third kappa shape index (κ3) is 3.75. The van der Waals surface area contributed by atoms with Crippen molar-refractivity contribution in [1.82, 2.24) is 9.97 Å². The molecule has 0 fully saturated rings. The first kappa shape index (κ1) is 21.6. The van der Waals surface area contributed by atoms with E-state index in [1.54, 1.807) is 24.5 Å². The predicted molar refractivity (Wildman–Crippen MR) is 147 cm³/mol. The van der Waals surface area contributed by atoms with Crippen LogP contribution in [0.5, 0.6) is 11.5 Å². The van der Waals surface area contributed by atoms with Gasteiger partial charge in [-0.25, -0.2) is 0 Å². The van der Waals surface area contributed by atoms with Gasteiger partial charge in [-0.1, -0.05) is 84.9 Å². The van der Waals surface area contributed by atoms with Gasteiger partial charge < -0.3 is 10.2 Å². The molecule has 0 aliphatic rings. The molecule has 0 atom stereocenters. The molecule has 0 aliphatic carbocycles. The lowest BCUT2D eigenvalue weighted by Crippen LogP contribution is -1.86. The Bertz CT molecular complexity index is 1740. The number of aromatic hydroxyl groups is 2. The minimum atomic E-state index is 0.172. The largest absolute Gasteiger partial charge is 0.507 e. The first-order valence-corrected chi connectivity index (χ1v) is 11.7. The van der Waals surface area contributed by atoms with Crippen LogP contribution in [-0.2, 0) is 0 Å². The average molecular weight is 467 g/mol. The van der Waals surface area contributed by atoms with Crippen molar-refractivity contribution in [3.05, 3.63) is 122 Å². The number of aromatic nitrogens is 2. The van der Waals surface area contributed by atoms with Crippen LogP contribution in [0.2, 0.25) is 0 Å². The monoisotopic (exact) mass is 466 g/mol. The Labute approximate surface area is 207 Å². The molecule has 0 amide bonds. The fourth-order valence-corrected chi connectivity index (χ4v) is 4.73. The Kier molecular flexibility index (Phi) is 5.39. The molecule has 0 saturated heterocycles. The van der Waals surface area contributed by atoms with E-state index in [9.17, 15) is 10.2 Å². The number of hydrogen-bond donors (Lipinski definition) is 2. The number of benzene rings is 5. The number of fused-ring (bicyclic) bond motifs is 5. The van der Waals surface area contributed by atoms with Gasteiger partial charge in [0.25, 0.3) is 0 Å². The summed E-state index contributed by atoms with van der Waals surface area (Å²) < 4.78 is 0. The highest BCUT2D eigenvalue weighted by Crippen LogP contribution is 2.44. The van der Waals surface area contributed by atoms with Gasteiger partial charge in [-0.05, 0) is 45.8 Å². The van der Waals surface area contributed by atoms with Gasteiger partial charge in [-0.3, -0.25) is 9.97 Å². The van der Waals surface area contributed by atoms with Crippen molar-refractivity contribution in [2.24, 2.45) is 0 Å². The standard InChI is InChI=1S/C20H14O2.C12H8N2/c21-17-11-9-13-5-1-3-7-15(13)19(17)20-16-8-4-2-6-14(16)10-12-18(20)22;1-3-9-5-6-10-4-2-8-14-12(10)11(9)13-7-1/h1-12,21-22H;1-8H. The summed E-state index contributed by atoms with van der Waals surface area (Å²) in [5, 5.41) is 27.1. The number of rotatable bonds is 1. The highest BCUT2D eigenvalue weighted by atomic mass is 16.3. The average Bonchev–Trinajstić information content (AvgIpc) is 2.94. The van der Waals surface area contributed by atoms with Crippen LogP contribution in [0, 0.1) is 0 Å². The van der Waals surface area contributed by atoms with E-state index in [1.165, 1.54) is 0 Å². The lowest BCUT2D eigenvalue weighted by Gasteiger charge is -2.14. The summed E-state index contributed by atoms with van der Waals surface area (Å²) in [6, 6.07) is 35.0. The molecule has 2 aromatic heterocycles. The van der Waals surface area contributed by atoms with Crippen molar-refractivity contribution in [2.75, 3.05) is 0 Å². The molecule has 7 rings (SSSR count). The fraction of sp³-hybridized carbons (Fsp3) is 0. The molecule has 2 N–H and O–H groups in total. The number of phenols is 2. The highest BCUT2D eigenvalue weighted by Gasteiger charge is 2.16. The van der Waals surface area contributed by atoms with Gasteiger partial charge in [0.15, 0.2) is 0 Å². The first-order valence-electron chi connectivity index (χ1n) is 11.7. The maximum Gasteiger partial charge on any atom is 0.124 e. The van der Waals surface area contributed by atoms with Crippen LogP contribution >= 0.6 is 0 Å². The summed E-state index contributed by atoms with van der Waals surface area (Å²) in [6.07, 6.45) is 3.60. The van der Waals surface area contributed by atoms with E-state index in [4.69, 9.17) is 0 Å². The number of phenolic OH excluding ortho intramolecular Hbond substituents is 2. The summed E-state index contributed by atoms with van der Waals surface area (Å²) in [7, 11) is 0. The molecule has 172 valence electrons. The third-order valence-electron chi connectivity index (χ3n) is 6.41. The van der Waals surface area contributed by atoms with E-state index >= 15 is 0 Å². The molecular formula is C32H22N2O2. The van der Waals surface area contributed by atoms with E-state index in [0.717, 1.165) is 43.4 Å². The molecule has 4 nitrogen and oxygen atoms in total. The summed E-state index contributed by atoms with van der Waals surface area (Å²) in [6.45, 7) is 0. The smallest absolute Gasteiger partial charge is 0.124 e. The van der Waals surface area contributed by atoms with Crippen LogP contribution in [0.3, 0.4) is 0 Å².